The van der Waals surface area contributed by atoms with Crippen LogP contribution in [0.5, 0.6) is 0 Å². The first-order chi connectivity index (χ1) is 10.1. The van der Waals surface area contributed by atoms with Crippen molar-refractivity contribution in [3.63, 3.8) is 0 Å². The Kier molecular flexibility index (Phi) is 3.55. The standard InChI is InChI=1S/C15H20N4O2/c1-18(9-10-5-4-8-16-10)14(20)11-6-3-7-12-13(11)17-15(21)19(12)2/h3,6-7,10,16H,4-5,8-9H2,1-2H3,(H,17,21)/t10-/m1/s1. The Morgan fingerprint density at radius 2 is 2.29 bits per heavy atom. The van der Waals surface area contributed by atoms with Crippen LogP contribution >= 0.6 is 0 Å². The van der Waals surface area contributed by atoms with Crippen molar-refractivity contribution < 1.29 is 4.79 Å². The summed E-state index contributed by atoms with van der Waals surface area (Å²) in [5, 5.41) is 3.39. The summed E-state index contributed by atoms with van der Waals surface area (Å²) in [6.07, 6.45) is 2.26. The van der Waals surface area contributed by atoms with Gasteiger partial charge in [0.2, 0.25) is 0 Å². The molecule has 6 heteroatoms. The number of amides is 1. The fraction of sp³-hybridized carbons (Fsp3) is 0.467. The van der Waals surface area contributed by atoms with Crippen LogP contribution in [0.25, 0.3) is 11.0 Å². The molecule has 21 heavy (non-hydrogen) atoms. The van der Waals surface area contributed by atoms with E-state index in [1.54, 1.807) is 18.0 Å². The van der Waals surface area contributed by atoms with Crippen molar-refractivity contribution in [3.8, 4) is 0 Å². The van der Waals surface area contributed by atoms with Gasteiger partial charge in [-0.2, -0.15) is 0 Å². The quantitative estimate of drug-likeness (QED) is 0.873. The van der Waals surface area contributed by atoms with Gasteiger partial charge in [-0.3, -0.25) is 9.36 Å². The highest BCUT2D eigenvalue weighted by Crippen LogP contribution is 2.17. The lowest BCUT2D eigenvalue weighted by atomic mass is 10.1. The summed E-state index contributed by atoms with van der Waals surface area (Å²) in [5.41, 5.74) is 1.70. The first kappa shape index (κ1) is 13.9. The average molecular weight is 288 g/mol. The molecule has 0 spiro atoms. The Morgan fingerprint density at radius 1 is 1.48 bits per heavy atom. The lowest BCUT2D eigenvalue weighted by Gasteiger charge is -2.21. The normalized spacial score (nSPS) is 18.3. The number of benzene rings is 1. The van der Waals surface area contributed by atoms with Gasteiger partial charge in [0.05, 0.1) is 16.6 Å². The highest BCUT2D eigenvalue weighted by atomic mass is 16.2. The summed E-state index contributed by atoms with van der Waals surface area (Å²) in [6, 6.07) is 5.78. The van der Waals surface area contributed by atoms with Crippen molar-refractivity contribution in [2.75, 3.05) is 20.1 Å². The number of rotatable bonds is 3. The third-order valence-electron chi connectivity index (χ3n) is 4.17. The number of aryl methyl sites for hydroxylation is 1. The average Bonchev–Trinajstić information content (AvgIpc) is 3.07. The van der Waals surface area contributed by atoms with E-state index in [9.17, 15) is 9.59 Å². The minimum absolute atomic E-state index is 0.0591. The first-order valence-electron chi connectivity index (χ1n) is 7.24. The SMILES string of the molecule is CN(C[C@H]1CCCN1)C(=O)c1cccc2c1[nH]c(=O)n2C. The molecule has 1 aliphatic heterocycles. The number of hydrogen-bond acceptors (Lipinski definition) is 3. The predicted molar refractivity (Wildman–Crippen MR) is 81.5 cm³/mol. The molecule has 2 aromatic rings. The molecule has 1 aromatic heterocycles. The van der Waals surface area contributed by atoms with Crippen molar-refractivity contribution in [3.05, 3.63) is 34.2 Å². The van der Waals surface area contributed by atoms with Gasteiger partial charge in [0.15, 0.2) is 0 Å². The zero-order valence-corrected chi connectivity index (χ0v) is 12.3. The molecule has 2 N–H and O–H groups in total. The molecular weight excluding hydrogens is 268 g/mol. The summed E-state index contributed by atoms with van der Waals surface area (Å²) in [6.45, 7) is 1.71. The van der Waals surface area contributed by atoms with E-state index < -0.39 is 0 Å². The van der Waals surface area contributed by atoms with Gasteiger partial charge in [-0.15, -0.1) is 0 Å². The Balaban J connectivity index is 1.90. The maximum atomic E-state index is 12.6. The van der Waals surface area contributed by atoms with Crippen LogP contribution in [0.15, 0.2) is 23.0 Å². The van der Waals surface area contributed by atoms with Gasteiger partial charge in [-0.1, -0.05) is 6.07 Å². The molecule has 0 bridgehead atoms. The number of nitrogens with one attached hydrogen (secondary N) is 2. The second kappa shape index (κ2) is 5.37. The summed E-state index contributed by atoms with van der Waals surface area (Å²) >= 11 is 0. The van der Waals surface area contributed by atoms with E-state index in [0.29, 0.717) is 23.7 Å². The summed E-state index contributed by atoms with van der Waals surface area (Å²) in [7, 11) is 3.50. The number of hydrogen-bond donors (Lipinski definition) is 2. The number of para-hydroxylation sites is 1. The highest BCUT2D eigenvalue weighted by molar-refractivity contribution is 6.04. The number of fused-ring (bicyclic) bond motifs is 1. The van der Waals surface area contributed by atoms with Crippen molar-refractivity contribution in [2.24, 2.45) is 7.05 Å². The van der Waals surface area contributed by atoms with Gasteiger partial charge < -0.3 is 15.2 Å². The molecule has 0 aliphatic carbocycles. The second-order valence-corrected chi connectivity index (χ2v) is 5.67. The first-order valence-corrected chi connectivity index (χ1v) is 7.24. The number of nitrogens with zero attached hydrogens (tertiary/aromatic N) is 2. The summed E-state index contributed by atoms with van der Waals surface area (Å²) < 4.78 is 1.52. The van der Waals surface area contributed by atoms with Crippen LogP contribution in [-0.2, 0) is 7.05 Å². The Bertz CT molecular complexity index is 725. The van der Waals surface area contributed by atoms with Crippen molar-refractivity contribution >= 4 is 16.9 Å². The molecule has 2 heterocycles. The molecule has 0 unspecified atom stereocenters. The fourth-order valence-electron chi connectivity index (χ4n) is 2.96. The summed E-state index contributed by atoms with van der Waals surface area (Å²) in [5.74, 6) is -0.0591. The molecule has 0 saturated carbocycles. The molecule has 1 saturated heterocycles. The molecule has 1 fully saturated rings. The molecule has 1 aliphatic rings. The Hall–Kier alpha value is -2.08. The number of imidazole rings is 1. The van der Waals surface area contributed by atoms with Crippen LogP contribution in [0.2, 0.25) is 0 Å². The Labute approximate surface area is 122 Å². The topological polar surface area (TPSA) is 70.1 Å². The number of H-pyrrole nitrogens is 1. The van der Waals surface area contributed by atoms with Crippen LogP contribution in [-0.4, -0.2) is 46.5 Å². The minimum atomic E-state index is -0.203. The monoisotopic (exact) mass is 288 g/mol. The zero-order valence-electron chi connectivity index (χ0n) is 12.3. The van der Waals surface area contributed by atoms with E-state index in [4.69, 9.17) is 0 Å². The van der Waals surface area contributed by atoms with E-state index in [0.717, 1.165) is 24.9 Å². The maximum absolute atomic E-state index is 12.6. The van der Waals surface area contributed by atoms with Crippen molar-refractivity contribution in [2.45, 2.75) is 18.9 Å². The number of aromatic amines is 1. The van der Waals surface area contributed by atoms with Crippen LogP contribution in [0, 0.1) is 0 Å². The van der Waals surface area contributed by atoms with Gasteiger partial charge in [0, 0.05) is 26.7 Å². The van der Waals surface area contributed by atoms with Crippen LogP contribution in [0.4, 0.5) is 0 Å². The molecule has 6 nitrogen and oxygen atoms in total. The van der Waals surface area contributed by atoms with Gasteiger partial charge >= 0.3 is 5.69 Å². The maximum Gasteiger partial charge on any atom is 0.326 e. The van der Waals surface area contributed by atoms with E-state index in [1.165, 1.54) is 4.57 Å². The van der Waals surface area contributed by atoms with E-state index in [-0.39, 0.29) is 11.6 Å². The molecule has 1 amide bonds. The van der Waals surface area contributed by atoms with Crippen LogP contribution in [0.1, 0.15) is 23.2 Å². The van der Waals surface area contributed by atoms with Crippen LogP contribution in [0.3, 0.4) is 0 Å². The largest absolute Gasteiger partial charge is 0.340 e. The Morgan fingerprint density at radius 3 is 3.00 bits per heavy atom. The van der Waals surface area contributed by atoms with Gasteiger partial charge in [-0.05, 0) is 31.5 Å². The van der Waals surface area contributed by atoms with Crippen LogP contribution < -0.4 is 11.0 Å². The molecule has 1 aromatic carbocycles. The predicted octanol–water partition coefficient (Wildman–Crippen LogP) is 0.691. The summed E-state index contributed by atoms with van der Waals surface area (Å²) in [4.78, 5) is 28.9. The van der Waals surface area contributed by atoms with Crippen molar-refractivity contribution in [1.82, 2.24) is 19.8 Å². The third kappa shape index (κ3) is 2.47. The van der Waals surface area contributed by atoms with E-state index in [1.807, 2.05) is 19.2 Å². The molecular formula is C15H20N4O2. The number of carbonyl (C=O) groups is 1. The zero-order chi connectivity index (χ0) is 15.0. The fourth-order valence-corrected chi connectivity index (χ4v) is 2.96. The highest BCUT2D eigenvalue weighted by Gasteiger charge is 2.21. The number of likely N-dealkylation sites (N-methyl/N-ethyl adjacent to an activating group) is 1. The lowest BCUT2D eigenvalue weighted by molar-refractivity contribution is 0.0785. The van der Waals surface area contributed by atoms with E-state index in [2.05, 4.69) is 10.3 Å². The minimum Gasteiger partial charge on any atom is -0.340 e. The molecule has 3 rings (SSSR count). The van der Waals surface area contributed by atoms with E-state index >= 15 is 0 Å². The smallest absolute Gasteiger partial charge is 0.326 e. The third-order valence-corrected chi connectivity index (χ3v) is 4.17. The lowest BCUT2D eigenvalue weighted by Crippen LogP contribution is -2.38. The van der Waals surface area contributed by atoms with Gasteiger partial charge in [-0.25, -0.2) is 4.79 Å². The number of carbonyl (C=O) groups excluding carboxylic acids is 1. The van der Waals surface area contributed by atoms with Gasteiger partial charge in [0.25, 0.3) is 5.91 Å². The number of aromatic nitrogens is 2. The molecule has 112 valence electrons. The van der Waals surface area contributed by atoms with Gasteiger partial charge in [0.1, 0.15) is 0 Å². The molecule has 0 radical (unpaired) electrons. The second-order valence-electron chi connectivity index (χ2n) is 5.67. The molecule has 1 atom stereocenters. The van der Waals surface area contributed by atoms with Crippen molar-refractivity contribution in [1.29, 1.82) is 0 Å².